The summed E-state index contributed by atoms with van der Waals surface area (Å²) in [5.41, 5.74) is 0.737. The van der Waals surface area contributed by atoms with E-state index in [0.29, 0.717) is 21.5 Å². The number of nitrogens with one attached hydrogen (secondary N) is 2. The Morgan fingerprint density at radius 2 is 1.88 bits per heavy atom. The molecule has 0 bridgehead atoms. The molecule has 8 nitrogen and oxygen atoms in total. The van der Waals surface area contributed by atoms with E-state index in [2.05, 4.69) is 14.7 Å². The molecule has 0 aliphatic rings. The standard InChI is InChI=1S/C27H19FN4O4S4/c1-36-21-13-16(4-9-20(21)32-40(34,35)18-7-5-17(28)6-8-18)15-38-27-30-25(19(14-29)26(33)31-27)24-11-10-23(39-24)22-3-2-12-37-22/h2-13,32H,15H2,1H3,(H,30,31,33). The Morgan fingerprint density at radius 3 is 2.58 bits per heavy atom. The van der Waals surface area contributed by atoms with E-state index < -0.39 is 21.4 Å². The van der Waals surface area contributed by atoms with E-state index in [1.807, 2.05) is 35.7 Å². The number of rotatable bonds is 9. The summed E-state index contributed by atoms with van der Waals surface area (Å²) in [6.45, 7) is 0. The average molecular weight is 611 g/mol. The fraction of sp³-hybridized carbons (Fsp3) is 0.0741. The molecule has 0 spiro atoms. The first-order valence-electron chi connectivity index (χ1n) is 11.5. The normalized spacial score (nSPS) is 11.2. The number of anilines is 1. The number of halogens is 1. The van der Waals surface area contributed by atoms with Crippen LogP contribution in [0, 0.1) is 17.1 Å². The molecule has 2 aromatic carbocycles. The highest BCUT2D eigenvalue weighted by Gasteiger charge is 2.19. The van der Waals surface area contributed by atoms with E-state index >= 15 is 0 Å². The minimum atomic E-state index is -3.96. The molecule has 0 aliphatic heterocycles. The predicted molar refractivity (Wildman–Crippen MR) is 156 cm³/mol. The number of aromatic amines is 1. The number of nitriles is 1. The lowest BCUT2D eigenvalue weighted by atomic mass is 10.2. The van der Waals surface area contributed by atoms with Crippen LogP contribution in [0.4, 0.5) is 10.1 Å². The summed E-state index contributed by atoms with van der Waals surface area (Å²) in [7, 11) is -2.55. The second kappa shape index (κ2) is 11.6. The van der Waals surface area contributed by atoms with Crippen LogP contribution in [0.25, 0.3) is 20.3 Å². The highest BCUT2D eigenvalue weighted by Crippen LogP contribution is 2.37. The number of nitrogens with zero attached hydrogens (tertiary/aromatic N) is 2. The Bertz CT molecular complexity index is 1880. The van der Waals surface area contributed by atoms with E-state index in [-0.39, 0.29) is 21.9 Å². The van der Waals surface area contributed by atoms with Crippen molar-refractivity contribution < 1.29 is 17.5 Å². The van der Waals surface area contributed by atoms with Crippen molar-refractivity contribution in [2.75, 3.05) is 11.8 Å². The Balaban J connectivity index is 1.36. The molecule has 202 valence electrons. The fourth-order valence-electron chi connectivity index (χ4n) is 3.70. The predicted octanol–water partition coefficient (Wildman–Crippen LogP) is 6.34. The molecule has 5 rings (SSSR count). The lowest BCUT2D eigenvalue weighted by molar-refractivity contribution is 0.416. The Labute approximate surface area is 241 Å². The van der Waals surface area contributed by atoms with Crippen molar-refractivity contribution in [1.29, 1.82) is 5.26 Å². The summed E-state index contributed by atoms with van der Waals surface area (Å²) in [5, 5.41) is 11.9. The number of H-pyrrole nitrogens is 1. The summed E-state index contributed by atoms with van der Waals surface area (Å²) in [5.74, 6) is 0.119. The largest absolute Gasteiger partial charge is 0.495 e. The zero-order valence-electron chi connectivity index (χ0n) is 20.7. The second-order valence-corrected chi connectivity index (χ2v) is 12.9. The number of aromatic nitrogens is 2. The lowest BCUT2D eigenvalue weighted by Crippen LogP contribution is -2.14. The number of hydrogen-bond donors (Lipinski definition) is 2. The number of sulfonamides is 1. The third kappa shape index (κ3) is 5.95. The third-order valence-electron chi connectivity index (χ3n) is 5.62. The van der Waals surface area contributed by atoms with Crippen molar-refractivity contribution in [2.24, 2.45) is 0 Å². The van der Waals surface area contributed by atoms with Gasteiger partial charge in [0, 0.05) is 15.5 Å². The molecular weight excluding hydrogens is 592 g/mol. The van der Waals surface area contributed by atoms with E-state index in [9.17, 15) is 22.9 Å². The second-order valence-electron chi connectivity index (χ2n) is 8.23. The van der Waals surface area contributed by atoms with Crippen molar-refractivity contribution in [3.63, 3.8) is 0 Å². The molecule has 5 aromatic rings. The van der Waals surface area contributed by atoms with Crippen molar-refractivity contribution in [2.45, 2.75) is 15.8 Å². The van der Waals surface area contributed by atoms with Gasteiger partial charge >= 0.3 is 0 Å². The van der Waals surface area contributed by atoms with Gasteiger partial charge < -0.3 is 9.72 Å². The first-order chi connectivity index (χ1) is 19.3. The van der Waals surface area contributed by atoms with Gasteiger partial charge in [-0.3, -0.25) is 9.52 Å². The summed E-state index contributed by atoms with van der Waals surface area (Å²) in [6.07, 6.45) is 0. The van der Waals surface area contributed by atoms with Gasteiger partial charge in [0.2, 0.25) is 0 Å². The van der Waals surface area contributed by atoms with Crippen LogP contribution in [0.1, 0.15) is 11.1 Å². The molecular formula is C27H19FN4O4S4. The van der Waals surface area contributed by atoms with Gasteiger partial charge in [0.25, 0.3) is 15.6 Å². The molecule has 0 saturated carbocycles. The zero-order chi connectivity index (χ0) is 28.3. The maximum Gasteiger partial charge on any atom is 0.270 e. The van der Waals surface area contributed by atoms with Gasteiger partial charge in [-0.15, -0.1) is 22.7 Å². The van der Waals surface area contributed by atoms with Gasteiger partial charge in [-0.25, -0.2) is 17.8 Å². The van der Waals surface area contributed by atoms with E-state index in [1.54, 1.807) is 29.5 Å². The van der Waals surface area contributed by atoms with Crippen LogP contribution < -0.4 is 15.0 Å². The molecule has 2 N–H and O–H groups in total. The molecule has 3 heterocycles. The van der Waals surface area contributed by atoms with Gasteiger partial charge in [0.05, 0.1) is 22.6 Å². The Morgan fingerprint density at radius 1 is 1.10 bits per heavy atom. The van der Waals surface area contributed by atoms with Gasteiger partial charge in [0.1, 0.15) is 28.9 Å². The Kier molecular flexibility index (Phi) is 8.04. The van der Waals surface area contributed by atoms with Crippen LogP contribution in [-0.2, 0) is 15.8 Å². The SMILES string of the molecule is COc1cc(CSc2nc(-c3ccc(-c4cccs4)s3)c(C#N)c(=O)[nH]2)ccc1NS(=O)(=O)c1ccc(F)cc1. The van der Waals surface area contributed by atoms with Crippen molar-refractivity contribution >= 4 is 50.1 Å². The van der Waals surface area contributed by atoms with Gasteiger partial charge in [-0.05, 0) is 65.5 Å². The van der Waals surface area contributed by atoms with Crippen molar-refractivity contribution in [3.05, 3.63) is 99.4 Å². The lowest BCUT2D eigenvalue weighted by Gasteiger charge is -2.13. The number of benzene rings is 2. The Hall–Kier alpha value is -3.96. The highest BCUT2D eigenvalue weighted by molar-refractivity contribution is 7.98. The monoisotopic (exact) mass is 610 g/mol. The van der Waals surface area contributed by atoms with Crippen molar-refractivity contribution in [1.82, 2.24) is 9.97 Å². The van der Waals surface area contributed by atoms with E-state index in [1.165, 1.54) is 42.3 Å². The molecule has 0 amide bonds. The quantitative estimate of drug-likeness (QED) is 0.147. The van der Waals surface area contributed by atoms with Crippen LogP contribution in [0.15, 0.2) is 87.0 Å². The number of methoxy groups -OCH3 is 1. The minimum absolute atomic E-state index is 0.0524. The zero-order valence-corrected chi connectivity index (χ0v) is 23.9. The maximum atomic E-state index is 13.2. The molecule has 0 aliphatic carbocycles. The third-order valence-corrected chi connectivity index (χ3v) is 10.1. The summed E-state index contributed by atoms with van der Waals surface area (Å²) in [4.78, 5) is 22.7. The smallest absolute Gasteiger partial charge is 0.270 e. The number of thioether (sulfide) groups is 1. The van der Waals surface area contributed by atoms with Gasteiger partial charge in [-0.2, -0.15) is 5.26 Å². The molecule has 0 radical (unpaired) electrons. The molecule has 0 saturated heterocycles. The first-order valence-corrected chi connectivity index (χ1v) is 15.7. The van der Waals surface area contributed by atoms with Crippen LogP contribution >= 0.6 is 34.4 Å². The van der Waals surface area contributed by atoms with Crippen LogP contribution in [-0.4, -0.2) is 25.5 Å². The van der Waals surface area contributed by atoms with Gasteiger partial charge in [-0.1, -0.05) is 23.9 Å². The van der Waals surface area contributed by atoms with Crippen LogP contribution in [0.2, 0.25) is 0 Å². The number of hydrogen-bond acceptors (Lipinski definition) is 9. The van der Waals surface area contributed by atoms with Crippen LogP contribution in [0.5, 0.6) is 5.75 Å². The summed E-state index contributed by atoms with van der Waals surface area (Å²) < 4.78 is 46.5. The van der Waals surface area contributed by atoms with E-state index in [4.69, 9.17) is 4.74 Å². The highest BCUT2D eigenvalue weighted by atomic mass is 32.2. The molecule has 0 unspecified atom stereocenters. The molecule has 0 atom stereocenters. The first kappa shape index (κ1) is 27.6. The van der Waals surface area contributed by atoms with Gasteiger partial charge in [0.15, 0.2) is 5.16 Å². The van der Waals surface area contributed by atoms with Crippen molar-refractivity contribution in [3.8, 4) is 32.1 Å². The molecule has 3 aromatic heterocycles. The summed E-state index contributed by atoms with van der Waals surface area (Å²) >= 11 is 4.32. The van der Waals surface area contributed by atoms with Crippen LogP contribution in [0.3, 0.4) is 0 Å². The minimum Gasteiger partial charge on any atom is -0.495 e. The number of ether oxygens (including phenoxy) is 1. The average Bonchev–Trinajstić information content (AvgIpc) is 3.65. The molecule has 0 fully saturated rings. The topological polar surface area (TPSA) is 125 Å². The molecule has 40 heavy (non-hydrogen) atoms. The fourth-order valence-corrected chi connectivity index (χ4v) is 7.41. The molecule has 13 heteroatoms. The van der Waals surface area contributed by atoms with E-state index in [0.717, 1.165) is 27.5 Å². The summed E-state index contributed by atoms with van der Waals surface area (Å²) in [6, 6.07) is 19.2. The number of thiophene rings is 2. The maximum absolute atomic E-state index is 13.2.